The molecule has 1 aromatic heterocycles. The van der Waals surface area contributed by atoms with Gasteiger partial charge in [0.2, 0.25) is 10.0 Å². The molecule has 0 radical (unpaired) electrons. The van der Waals surface area contributed by atoms with E-state index in [4.69, 9.17) is 0 Å². The molecule has 0 saturated carbocycles. The van der Waals surface area contributed by atoms with Gasteiger partial charge in [0.15, 0.2) is 0 Å². The number of sulfonamides is 1. The highest BCUT2D eigenvalue weighted by atomic mass is 32.2. The number of amides is 1. The van der Waals surface area contributed by atoms with Crippen molar-refractivity contribution in [2.45, 2.75) is 33.1 Å². The number of benzene rings is 1. The maximum Gasteiger partial charge on any atom is 0.270 e. The molecule has 1 aliphatic rings. The third-order valence-electron chi connectivity index (χ3n) is 4.46. The average molecular weight is 349 g/mol. The van der Waals surface area contributed by atoms with Crippen molar-refractivity contribution >= 4 is 32.5 Å². The van der Waals surface area contributed by atoms with E-state index in [2.05, 4.69) is 9.71 Å². The second kappa shape index (κ2) is 6.47. The number of hydrogen-bond acceptors (Lipinski definition) is 3. The predicted octanol–water partition coefficient (Wildman–Crippen LogP) is 2.86. The standard InChI is InChI=1S/C17H23N3O3S/c1-3-4-10-24(22,23)19-13-6-7-15-14(11-13)12(2)16(18-15)17(21)20-8-5-9-20/h6-7,11,18-19H,3-5,8-10H2,1-2H3. The van der Waals surface area contributed by atoms with Crippen LogP contribution in [0.2, 0.25) is 0 Å². The van der Waals surface area contributed by atoms with E-state index in [1.54, 1.807) is 12.1 Å². The van der Waals surface area contributed by atoms with E-state index in [0.29, 0.717) is 17.8 Å². The number of fused-ring (bicyclic) bond motifs is 1. The minimum Gasteiger partial charge on any atom is -0.350 e. The fourth-order valence-electron chi connectivity index (χ4n) is 2.85. The Balaban J connectivity index is 1.88. The molecule has 1 aromatic carbocycles. The minimum absolute atomic E-state index is 0.0139. The van der Waals surface area contributed by atoms with Gasteiger partial charge in [0.05, 0.1) is 5.75 Å². The molecule has 1 saturated heterocycles. The zero-order valence-electron chi connectivity index (χ0n) is 14.1. The molecule has 2 aromatic rings. The second-order valence-electron chi connectivity index (χ2n) is 6.31. The predicted molar refractivity (Wildman–Crippen MR) is 95.9 cm³/mol. The number of unbranched alkanes of at least 4 members (excludes halogenated alkanes) is 1. The quantitative estimate of drug-likeness (QED) is 0.841. The van der Waals surface area contributed by atoms with Gasteiger partial charge in [-0.05, 0) is 43.5 Å². The molecule has 130 valence electrons. The number of anilines is 1. The minimum atomic E-state index is -3.33. The number of likely N-dealkylation sites (tertiary alicyclic amines) is 1. The SMILES string of the molecule is CCCCS(=O)(=O)Nc1ccc2[nH]c(C(=O)N3CCC3)c(C)c2c1. The lowest BCUT2D eigenvalue weighted by Gasteiger charge is -2.30. The molecule has 0 aliphatic carbocycles. The smallest absolute Gasteiger partial charge is 0.270 e. The summed E-state index contributed by atoms with van der Waals surface area (Å²) >= 11 is 0. The fourth-order valence-corrected chi connectivity index (χ4v) is 4.10. The van der Waals surface area contributed by atoms with E-state index < -0.39 is 10.0 Å². The van der Waals surface area contributed by atoms with Crippen LogP contribution in [-0.4, -0.2) is 43.1 Å². The van der Waals surface area contributed by atoms with Crippen LogP contribution in [0.1, 0.15) is 42.2 Å². The Morgan fingerprint density at radius 3 is 2.71 bits per heavy atom. The number of aromatic amines is 1. The summed E-state index contributed by atoms with van der Waals surface area (Å²) < 4.78 is 26.7. The summed E-state index contributed by atoms with van der Waals surface area (Å²) in [5.74, 6) is 0.131. The van der Waals surface area contributed by atoms with Crippen LogP contribution in [0, 0.1) is 6.92 Å². The molecule has 7 heteroatoms. The van der Waals surface area contributed by atoms with E-state index in [1.807, 2.05) is 24.8 Å². The molecule has 2 heterocycles. The van der Waals surface area contributed by atoms with Crippen molar-refractivity contribution in [3.63, 3.8) is 0 Å². The summed E-state index contributed by atoms with van der Waals surface area (Å²) in [5.41, 5.74) is 2.82. The lowest BCUT2D eigenvalue weighted by Crippen LogP contribution is -2.42. The van der Waals surface area contributed by atoms with E-state index in [9.17, 15) is 13.2 Å². The van der Waals surface area contributed by atoms with Crippen molar-refractivity contribution in [1.29, 1.82) is 0 Å². The van der Waals surface area contributed by atoms with Gasteiger partial charge < -0.3 is 9.88 Å². The Labute approximate surface area is 142 Å². The van der Waals surface area contributed by atoms with Crippen molar-refractivity contribution in [1.82, 2.24) is 9.88 Å². The van der Waals surface area contributed by atoms with Crippen LogP contribution in [0.5, 0.6) is 0 Å². The van der Waals surface area contributed by atoms with Crippen LogP contribution >= 0.6 is 0 Å². The van der Waals surface area contributed by atoms with Gasteiger partial charge in [0, 0.05) is 29.7 Å². The zero-order valence-corrected chi connectivity index (χ0v) is 14.9. The van der Waals surface area contributed by atoms with E-state index in [1.165, 1.54) is 0 Å². The third kappa shape index (κ3) is 3.26. The first-order valence-corrected chi connectivity index (χ1v) is 9.98. The van der Waals surface area contributed by atoms with Gasteiger partial charge in [-0.3, -0.25) is 9.52 Å². The molecule has 1 aliphatic heterocycles. The molecule has 1 fully saturated rings. The Morgan fingerprint density at radius 2 is 2.08 bits per heavy atom. The van der Waals surface area contributed by atoms with E-state index in [-0.39, 0.29) is 11.7 Å². The summed E-state index contributed by atoms with van der Waals surface area (Å²) in [6.45, 7) is 5.45. The van der Waals surface area contributed by atoms with Crippen LogP contribution < -0.4 is 4.72 Å². The van der Waals surface area contributed by atoms with Crippen molar-refractivity contribution in [2.24, 2.45) is 0 Å². The lowest BCUT2D eigenvalue weighted by molar-refractivity contribution is 0.0646. The molecular formula is C17H23N3O3S. The Kier molecular flexibility index (Phi) is 4.54. The summed E-state index contributed by atoms with van der Waals surface area (Å²) in [4.78, 5) is 17.4. The van der Waals surface area contributed by atoms with Crippen LogP contribution in [0.15, 0.2) is 18.2 Å². The number of hydrogen-bond donors (Lipinski definition) is 2. The summed E-state index contributed by atoms with van der Waals surface area (Å²) in [5, 5.41) is 0.870. The molecular weight excluding hydrogens is 326 g/mol. The summed E-state index contributed by atoms with van der Waals surface area (Å²) in [7, 11) is -3.33. The van der Waals surface area contributed by atoms with Crippen LogP contribution in [0.4, 0.5) is 5.69 Å². The largest absolute Gasteiger partial charge is 0.350 e. The number of rotatable bonds is 6. The van der Waals surface area contributed by atoms with Crippen molar-refractivity contribution < 1.29 is 13.2 Å². The van der Waals surface area contributed by atoms with Gasteiger partial charge in [0.1, 0.15) is 5.69 Å². The van der Waals surface area contributed by atoms with Crippen molar-refractivity contribution in [2.75, 3.05) is 23.6 Å². The monoisotopic (exact) mass is 349 g/mol. The number of aryl methyl sites for hydroxylation is 1. The molecule has 3 rings (SSSR count). The molecule has 0 spiro atoms. The summed E-state index contributed by atoms with van der Waals surface area (Å²) in [6.07, 6.45) is 2.52. The summed E-state index contributed by atoms with van der Waals surface area (Å²) in [6, 6.07) is 5.32. The number of nitrogens with zero attached hydrogens (tertiary/aromatic N) is 1. The first kappa shape index (κ1) is 16.8. The van der Waals surface area contributed by atoms with Crippen LogP contribution in [0.25, 0.3) is 10.9 Å². The van der Waals surface area contributed by atoms with E-state index in [0.717, 1.165) is 42.4 Å². The number of nitrogens with one attached hydrogen (secondary N) is 2. The van der Waals surface area contributed by atoms with Crippen molar-refractivity contribution in [3.8, 4) is 0 Å². The molecule has 0 unspecified atom stereocenters. The molecule has 1 amide bonds. The number of carbonyl (C=O) groups is 1. The van der Waals surface area contributed by atoms with Gasteiger partial charge in [-0.1, -0.05) is 13.3 Å². The highest BCUT2D eigenvalue weighted by molar-refractivity contribution is 7.92. The molecule has 6 nitrogen and oxygen atoms in total. The molecule has 0 atom stereocenters. The molecule has 24 heavy (non-hydrogen) atoms. The van der Waals surface area contributed by atoms with Gasteiger partial charge in [0.25, 0.3) is 5.91 Å². The van der Waals surface area contributed by atoms with Crippen LogP contribution in [-0.2, 0) is 10.0 Å². The zero-order chi connectivity index (χ0) is 17.3. The topological polar surface area (TPSA) is 82.3 Å². The maximum atomic E-state index is 12.4. The second-order valence-corrected chi connectivity index (χ2v) is 8.15. The Hall–Kier alpha value is -2.02. The van der Waals surface area contributed by atoms with E-state index >= 15 is 0 Å². The van der Waals surface area contributed by atoms with Gasteiger partial charge in [-0.15, -0.1) is 0 Å². The Morgan fingerprint density at radius 1 is 1.33 bits per heavy atom. The maximum absolute atomic E-state index is 12.4. The highest BCUT2D eigenvalue weighted by Gasteiger charge is 2.25. The molecule has 2 N–H and O–H groups in total. The normalized spacial score (nSPS) is 14.7. The lowest BCUT2D eigenvalue weighted by atomic mass is 10.1. The van der Waals surface area contributed by atoms with Crippen LogP contribution in [0.3, 0.4) is 0 Å². The number of carbonyl (C=O) groups excluding carboxylic acids is 1. The Bertz CT molecular complexity index is 867. The number of H-pyrrole nitrogens is 1. The first-order chi connectivity index (χ1) is 11.4. The highest BCUT2D eigenvalue weighted by Crippen LogP contribution is 2.27. The van der Waals surface area contributed by atoms with Gasteiger partial charge in [-0.2, -0.15) is 0 Å². The van der Waals surface area contributed by atoms with Crippen molar-refractivity contribution in [3.05, 3.63) is 29.5 Å². The molecule has 0 bridgehead atoms. The number of aromatic nitrogens is 1. The average Bonchev–Trinajstić information content (AvgIpc) is 2.80. The van der Waals surface area contributed by atoms with Gasteiger partial charge >= 0.3 is 0 Å². The third-order valence-corrected chi connectivity index (χ3v) is 5.83. The first-order valence-electron chi connectivity index (χ1n) is 8.33. The fraction of sp³-hybridized carbons (Fsp3) is 0.471. The van der Waals surface area contributed by atoms with Gasteiger partial charge in [-0.25, -0.2) is 8.42 Å².